The second-order valence-electron chi connectivity index (χ2n) is 4.32. The van der Waals surface area contributed by atoms with Crippen LogP contribution in [0.4, 0.5) is 17.1 Å². The molecule has 21 heavy (non-hydrogen) atoms. The molecular formula is C15H14N4O2. The van der Waals surface area contributed by atoms with Crippen molar-refractivity contribution in [3.05, 3.63) is 47.5 Å². The minimum atomic E-state index is -0.594. The summed E-state index contributed by atoms with van der Waals surface area (Å²) in [7, 11) is 1.51. The van der Waals surface area contributed by atoms with Gasteiger partial charge in [0.2, 0.25) is 0 Å². The minimum Gasteiger partial charge on any atom is -0.495 e. The lowest BCUT2D eigenvalue weighted by Gasteiger charge is -2.12. The summed E-state index contributed by atoms with van der Waals surface area (Å²) in [5.74, 6) is -0.0746. The van der Waals surface area contributed by atoms with Gasteiger partial charge in [0.15, 0.2) is 0 Å². The third-order valence-corrected chi connectivity index (χ3v) is 2.93. The summed E-state index contributed by atoms with van der Waals surface area (Å²) in [6, 6.07) is 11.9. The quantitative estimate of drug-likeness (QED) is 0.742. The Bertz CT molecular complexity index is 735. The molecule has 2 aromatic carbocycles. The third kappa shape index (κ3) is 3.04. The number of rotatable bonds is 4. The number of ether oxygens (including phenoxy) is 1. The molecule has 6 heteroatoms. The van der Waals surface area contributed by atoms with Crippen LogP contribution in [0.1, 0.15) is 15.9 Å². The van der Waals surface area contributed by atoms with Crippen molar-refractivity contribution in [2.45, 2.75) is 0 Å². The number of carbonyl (C=O) groups is 1. The van der Waals surface area contributed by atoms with E-state index < -0.39 is 5.91 Å². The van der Waals surface area contributed by atoms with Crippen molar-refractivity contribution in [1.29, 1.82) is 5.26 Å². The number of benzene rings is 2. The number of nitrogens with zero attached hydrogens (tertiary/aromatic N) is 1. The predicted octanol–water partition coefficient (Wildman–Crippen LogP) is 1.99. The molecule has 2 aromatic rings. The van der Waals surface area contributed by atoms with Crippen LogP contribution in [0.15, 0.2) is 36.4 Å². The van der Waals surface area contributed by atoms with Crippen LogP contribution in [0.5, 0.6) is 5.75 Å². The van der Waals surface area contributed by atoms with E-state index in [2.05, 4.69) is 5.32 Å². The summed E-state index contributed by atoms with van der Waals surface area (Å²) in [6.45, 7) is 0. The zero-order chi connectivity index (χ0) is 15.4. The number of nitrogen functional groups attached to an aromatic ring is 1. The topological polar surface area (TPSA) is 114 Å². The van der Waals surface area contributed by atoms with Gasteiger partial charge in [0, 0.05) is 17.4 Å². The Labute approximate surface area is 121 Å². The highest BCUT2D eigenvalue weighted by atomic mass is 16.5. The summed E-state index contributed by atoms with van der Waals surface area (Å²) in [4.78, 5) is 11.3. The molecule has 0 radical (unpaired) electrons. The lowest BCUT2D eigenvalue weighted by Crippen LogP contribution is -2.13. The van der Waals surface area contributed by atoms with Crippen LogP contribution in [-0.4, -0.2) is 13.0 Å². The molecular weight excluding hydrogens is 268 g/mol. The first-order chi connectivity index (χ1) is 10.0. The Morgan fingerprint density at radius 3 is 2.67 bits per heavy atom. The molecule has 0 aliphatic carbocycles. The maximum atomic E-state index is 11.3. The highest BCUT2D eigenvalue weighted by Crippen LogP contribution is 2.29. The first-order valence-corrected chi connectivity index (χ1v) is 6.09. The van der Waals surface area contributed by atoms with Gasteiger partial charge in [0.25, 0.3) is 5.91 Å². The zero-order valence-corrected chi connectivity index (χ0v) is 11.4. The Balaban J connectivity index is 2.37. The Hall–Kier alpha value is -3.20. The van der Waals surface area contributed by atoms with E-state index in [0.717, 1.165) is 0 Å². The maximum absolute atomic E-state index is 11.3. The number of hydrogen-bond donors (Lipinski definition) is 3. The molecule has 0 atom stereocenters. The molecule has 5 N–H and O–H groups in total. The number of nitrogens with two attached hydrogens (primary N) is 2. The molecule has 0 aromatic heterocycles. The van der Waals surface area contributed by atoms with Gasteiger partial charge in [-0.25, -0.2) is 0 Å². The van der Waals surface area contributed by atoms with Crippen molar-refractivity contribution in [3.63, 3.8) is 0 Å². The molecule has 2 rings (SSSR count). The molecule has 0 spiro atoms. The number of hydrogen-bond acceptors (Lipinski definition) is 5. The number of anilines is 3. The van der Waals surface area contributed by atoms with Gasteiger partial charge in [0.05, 0.1) is 30.0 Å². The number of carbonyl (C=O) groups excluding carboxylic acids is 1. The van der Waals surface area contributed by atoms with Crippen LogP contribution in [0.2, 0.25) is 0 Å². The number of nitrogens with one attached hydrogen (secondary N) is 1. The minimum absolute atomic E-state index is 0.243. The van der Waals surface area contributed by atoms with E-state index in [1.54, 1.807) is 36.4 Å². The van der Waals surface area contributed by atoms with Crippen LogP contribution in [0.3, 0.4) is 0 Å². The summed E-state index contributed by atoms with van der Waals surface area (Å²) in [5, 5.41) is 12.0. The largest absolute Gasteiger partial charge is 0.495 e. The fourth-order valence-electron chi connectivity index (χ4n) is 1.87. The van der Waals surface area contributed by atoms with Gasteiger partial charge in [-0.1, -0.05) is 0 Å². The monoisotopic (exact) mass is 282 g/mol. The number of primary amides is 1. The van der Waals surface area contributed by atoms with Crippen molar-refractivity contribution in [1.82, 2.24) is 0 Å². The summed E-state index contributed by atoms with van der Waals surface area (Å²) in [6.07, 6.45) is 0. The first kappa shape index (κ1) is 14.2. The summed E-state index contributed by atoms with van der Waals surface area (Å²) in [5.41, 5.74) is 13.3. The van der Waals surface area contributed by atoms with Crippen LogP contribution in [0, 0.1) is 11.3 Å². The van der Waals surface area contributed by atoms with Crippen molar-refractivity contribution < 1.29 is 9.53 Å². The normalized spacial score (nSPS) is 9.71. The molecule has 106 valence electrons. The van der Waals surface area contributed by atoms with Gasteiger partial charge >= 0.3 is 0 Å². The van der Waals surface area contributed by atoms with Crippen molar-refractivity contribution >= 4 is 23.0 Å². The molecule has 0 aliphatic heterocycles. The Morgan fingerprint density at radius 1 is 1.29 bits per heavy atom. The van der Waals surface area contributed by atoms with Crippen LogP contribution in [0.25, 0.3) is 0 Å². The zero-order valence-electron chi connectivity index (χ0n) is 11.4. The van der Waals surface area contributed by atoms with E-state index in [-0.39, 0.29) is 5.56 Å². The second-order valence-corrected chi connectivity index (χ2v) is 4.32. The van der Waals surface area contributed by atoms with Gasteiger partial charge in [-0.2, -0.15) is 5.26 Å². The lowest BCUT2D eigenvalue weighted by atomic mass is 10.1. The van der Waals surface area contributed by atoms with E-state index in [9.17, 15) is 4.79 Å². The van der Waals surface area contributed by atoms with E-state index in [1.165, 1.54) is 7.11 Å². The number of amides is 1. The number of nitriles is 1. The third-order valence-electron chi connectivity index (χ3n) is 2.93. The molecule has 0 saturated carbocycles. The van der Waals surface area contributed by atoms with Crippen LogP contribution >= 0.6 is 0 Å². The van der Waals surface area contributed by atoms with Gasteiger partial charge < -0.3 is 21.5 Å². The molecule has 0 unspecified atom stereocenters. The molecule has 6 nitrogen and oxygen atoms in total. The SMILES string of the molecule is COc1cc(C#N)ccc1Nc1ccc(N)c(C(N)=O)c1. The Kier molecular flexibility index (Phi) is 3.95. The summed E-state index contributed by atoms with van der Waals surface area (Å²) >= 11 is 0. The highest BCUT2D eigenvalue weighted by Gasteiger charge is 2.09. The van der Waals surface area contributed by atoms with Gasteiger partial charge in [-0.05, 0) is 30.3 Å². The van der Waals surface area contributed by atoms with E-state index in [1.807, 2.05) is 6.07 Å². The standard InChI is InChI=1S/C15H14N4O2/c1-21-14-6-9(8-16)2-5-13(14)19-10-3-4-12(17)11(7-10)15(18)20/h2-7,19H,17H2,1H3,(H2,18,20). The lowest BCUT2D eigenvalue weighted by molar-refractivity contribution is 0.100. The van der Waals surface area contributed by atoms with Crippen molar-refractivity contribution in [2.75, 3.05) is 18.2 Å². The highest BCUT2D eigenvalue weighted by molar-refractivity contribution is 5.99. The maximum Gasteiger partial charge on any atom is 0.250 e. The fourth-order valence-corrected chi connectivity index (χ4v) is 1.87. The second kappa shape index (κ2) is 5.84. The molecule has 0 fully saturated rings. The van der Waals surface area contributed by atoms with E-state index in [0.29, 0.717) is 28.4 Å². The molecule has 0 aliphatic rings. The van der Waals surface area contributed by atoms with Gasteiger partial charge in [-0.3, -0.25) is 4.79 Å². The predicted molar refractivity (Wildman–Crippen MR) is 80.4 cm³/mol. The van der Waals surface area contributed by atoms with E-state index in [4.69, 9.17) is 21.5 Å². The van der Waals surface area contributed by atoms with Gasteiger partial charge in [-0.15, -0.1) is 0 Å². The summed E-state index contributed by atoms with van der Waals surface area (Å²) < 4.78 is 5.23. The Morgan fingerprint density at radius 2 is 2.05 bits per heavy atom. The van der Waals surface area contributed by atoms with Gasteiger partial charge in [0.1, 0.15) is 5.75 Å². The molecule has 0 heterocycles. The average molecular weight is 282 g/mol. The van der Waals surface area contributed by atoms with Crippen LogP contribution < -0.4 is 21.5 Å². The first-order valence-electron chi connectivity index (χ1n) is 6.09. The molecule has 1 amide bonds. The smallest absolute Gasteiger partial charge is 0.250 e. The molecule has 0 bridgehead atoms. The average Bonchev–Trinajstić information content (AvgIpc) is 2.49. The molecule has 0 saturated heterocycles. The van der Waals surface area contributed by atoms with Crippen molar-refractivity contribution in [3.8, 4) is 11.8 Å². The van der Waals surface area contributed by atoms with Crippen molar-refractivity contribution in [2.24, 2.45) is 5.73 Å². The number of methoxy groups -OCH3 is 1. The van der Waals surface area contributed by atoms with E-state index >= 15 is 0 Å². The van der Waals surface area contributed by atoms with Crippen LogP contribution in [-0.2, 0) is 0 Å². The fraction of sp³-hybridized carbons (Fsp3) is 0.0667.